The number of rotatable bonds is 36. The predicted octanol–water partition coefficient (Wildman–Crippen LogP) is 6.59. The highest BCUT2D eigenvalue weighted by molar-refractivity contribution is 5.70. The summed E-state index contributed by atoms with van der Waals surface area (Å²) < 4.78 is 33.5. The Morgan fingerprint density at radius 2 is 0.897 bits per heavy atom. The van der Waals surface area contributed by atoms with Gasteiger partial charge in [0.2, 0.25) is 0 Å². The number of aliphatic hydroxyl groups is 7. The number of esters is 2. The van der Waals surface area contributed by atoms with Gasteiger partial charge in [0, 0.05) is 12.8 Å². The normalized spacial score (nSPS) is 26.6. The van der Waals surface area contributed by atoms with Crippen molar-refractivity contribution in [1.29, 1.82) is 0 Å². The lowest BCUT2D eigenvalue weighted by Gasteiger charge is -2.42. The van der Waals surface area contributed by atoms with Crippen molar-refractivity contribution >= 4 is 11.9 Å². The van der Waals surface area contributed by atoms with E-state index in [1.165, 1.54) is 0 Å². The van der Waals surface area contributed by atoms with E-state index >= 15 is 0 Å². The van der Waals surface area contributed by atoms with Crippen molar-refractivity contribution in [1.82, 2.24) is 0 Å². The van der Waals surface area contributed by atoms with Gasteiger partial charge in [0.15, 0.2) is 18.7 Å². The van der Waals surface area contributed by atoms with Crippen LogP contribution in [0, 0.1) is 0 Å². The molecule has 386 valence electrons. The number of hydrogen-bond acceptors (Lipinski definition) is 15. The quantitative estimate of drug-likeness (QED) is 0.0200. The molecule has 4 unspecified atom stereocenters. The topological polar surface area (TPSA) is 231 Å². The fourth-order valence-electron chi connectivity index (χ4n) is 7.03. The third kappa shape index (κ3) is 27.0. The predicted molar refractivity (Wildman–Crippen MR) is 261 cm³/mol. The summed E-state index contributed by atoms with van der Waals surface area (Å²) in [4.78, 5) is 25.7. The lowest BCUT2D eigenvalue weighted by atomic mass is 9.98. The Morgan fingerprint density at radius 1 is 0.471 bits per heavy atom. The highest BCUT2D eigenvalue weighted by Crippen LogP contribution is 2.26. The Morgan fingerprint density at radius 3 is 1.43 bits per heavy atom. The first-order valence-electron chi connectivity index (χ1n) is 24.8. The molecule has 15 nitrogen and oxygen atoms in total. The second-order valence-electron chi connectivity index (χ2n) is 16.9. The molecule has 2 fully saturated rings. The zero-order valence-electron chi connectivity index (χ0n) is 40.5. The largest absolute Gasteiger partial charge is 0.462 e. The standard InChI is InChI=1S/C53H84O15/c1-3-5-7-9-11-13-15-17-19-20-22-23-25-27-29-31-33-35-44(55)63-38-41(66-45(56)36-34-32-30-28-26-24-21-18-16-14-12-10-8-6-4-2)39-64-52-51(62)49(60)47(58)43(68-52)40-65-53-50(61)48(59)46(57)42(37-54)67-53/h5-8,11-14,17-19,21-23,27,29,41-43,46-54,57-62H,3-4,9-10,15-16,20,24-26,28,30-40H2,1-2H3/b7-5+,8-6+,13-11+,14-12+,19-17+,21-18+,23-22+,29-27+/t41-,42+,43+,46-,47-,48?,49?,50?,51?,52+,53+/m0/s1. The third-order valence-corrected chi connectivity index (χ3v) is 11.1. The molecular formula is C53H84O15. The highest BCUT2D eigenvalue weighted by atomic mass is 16.7. The van der Waals surface area contributed by atoms with E-state index in [4.69, 9.17) is 28.4 Å². The Labute approximate surface area is 405 Å². The zero-order valence-corrected chi connectivity index (χ0v) is 40.5. The van der Waals surface area contributed by atoms with Gasteiger partial charge in [-0.15, -0.1) is 0 Å². The molecule has 2 saturated heterocycles. The van der Waals surface area contributed by atoms with E-state index in [2.05, 4.69) is 98.9 Å². The van der Waals surface area contributed by atoms with Crippen LogP contribution in [-0.2, 0) is 38.0 Å². The molecule has 2 heterocycles. The molecule has 0 radical (unpaired) electrons. The molecule has 68 heavy (non-hydrogen) atoms. The minimum absolute atomic E-state index is 0.127. The van der Waals surface area contributed by atoms with Gasteiger partial charge in [-0.05, 0) is 83.5 Å². The fraction of sp³-hybridized carbons (Fsp3) is 0.660. The van der Waals surface area contributed by atoms with Gasteiger partial charge in [-0.1, -0.05) is 130 Å². The Bertz CT molecular complexity index is 1550. The summed E-state index contributed by atoms with van der Waals surface area (Å²) in [7, 11) is 0. The maximum atomic E-state index is 13.0. The van der Waals surface area contributed by atoms with E-state index in [1.807, 2.05) is 12.2 Å². The van der Waals surface area contributed by atoms with E-state index in [-0.39, 0.29) is 19.4 Å². The molecule has 0 bridgehead atoms. The number of unbranched alkanes of at least 4 members (excludes halogenated alkanes) is 6. The molecule has 2 aliphatic rings. The Kier molecular flexibility index (Phi) is 34.9. The van der Waals surface area contributed by atoms with E-state index in [0.29, 0.717) is 19.3 Å². The van der Waals surface area contributed by atoms with Crippen LogP contribution in [0.3, 0.4) is 0 Å². The van der Waals surface area contributed by atoms with Crippen LogP contribution in [0.25, 0.3) is 0 Å². The van der Waals surface area contributed by atoms with Gasteiger partial charge >= 0.3 is 11.9 Å². The van der Waals surface area contributed by atoms with Crippen molar-refractivity contribution in [2.75, 3.05) is 26.4 Å². The van der Waals surface area contributed by atoms with Gasteiger partial charge in [0.1, 0.15) is 55.4 Å². The van der Waals surface area contributed by atoms with Gasteiger partial charge in [-0.3, -0.25) is 9.59 Å². The van der Waals surface area contributed by atoms with Gasteiger partial charge in [0.05, 0.1) is 19.8 Å². The first kappa shape index (κ1) is 60.5. The maximum absolute atomic E-state index is 13.0. The highest BCUT2D eigenvalue weighted by Gasteiger charge is 2.47. The summed E-state index contributed by atoms with van der Waals surface area (Å²) in [5, 5.41) is 72.0. The molecule has 0 aromatic rings. The Balaban J connectivity index is 1.86. The van der Waals surface area contributed by atoms with Crippen molar-refractivity contribution in [2.24, 2.45) is 0 Å². The van der Waals surface area contributed by atoms with Crippen LogP contribution in [0.4, 0.5) is 0 Å². The van der Waals surface area contributed by atoms with Crippen LogP contribution in [-0.4, -0.2) is 142 Å². The summed E-state index contributed by atoms with van der Waals surface area (Å²) in [5.41, 5.74) is 0. The first-order chi connectivity index (χ1) is 33.0. The Hall–Kier alpha value is -3.58. The number of carbonyl (C=O) groups excluding carboxylic acids is 2. The number of aliphatic hydroxyl groups excluding tert-OH is 7. The lowest BCUT2D eigenvalue weighted by molar-refractivity contribution is -0.332. The molecule has 7 N–H and O–H groups in total. The van der Waals surface area contributed by atoms with E-state index in [9.17, 15) is 45.3 Å². The molecular weight excluding hydrogens is 877 g/mol. The van der Waals surface area contributed by atoms with Crippen LogP contribution in [0.2, 0.25) is 0 Å². The smallest absolute Gasteiger partial charge is 0.306 e. The molecule has 0 spiro atoms. The minimum atomic E-state index is -1.78. The summed E-state index contributed by atoms with van der Waals surface area (Å²) in [6.07, 6.45) is 31.6. The summed E-state index contributed by atoms with van der Waals surface area (Å²) in [6, 6.07) is 0. The van der Waals surface area contributed by atoms with Gasteiger partial charge in [0.25, 0.3) is 0 Å². The van der Waals surface area contributed by atoms with Crippen LogP contribution in [0.1, 0.15) is 129 Å². The van der Waals surface area contributed by atoms with Gasteiger partial charge in [-0.25, -0.2) is 0 Å². The van der Waals surface area contributed by atoms with Gasteiger partial charge in [-0.2, -0.15) is 0 Å². The van der Waals surface area contributed by atoms with Crippen LogP contribution >= 0.6 is 0 Å². The molecule has 2 aliphatic heterocycles. The van der Waals surface area contributed by atoms with E-state index < -0.39 is 99.3 Å². The molecule has 0 amide bonds. The van der Waals surface area contributed by atoms with Gasteiger partial charge < -0.3 is 64.2 Å². The van der Waals surface area contributed by atoms with E-state index in [0.717, 1.165) is 83.5 Å². The number of hydrogen-bond donors (Lipinski definition) is 7. The summed E-state index contributed by atoms with van der Waals surface area (Å²) >= 11 is 0. The average molecular weight is 961 g/mol. The molecule has 0 aromatic carbocycles. The van der Waals surface area contributed by atoms with Crippen molar-refractivity contribution in [3.8, 4) is 0 Å². The number of allylic oxidation sites excluding steroid dienone is 16. The zero-order chi connectivity index (χ0) is 49.6. The molecule has 0 aromatic heterocycles. The second kappa shape index (κ2) is 39.2. The van der Waals surface area contributed by atoms with Crippen LogP contribution < -0.4 is 0 Å². The number of carbonyl (C=O) groups is 2. The average Bonchev–Trinajstić information content (AvgIpc) is 3.33. The summed E-state index contributed by atoms with van der Waals surface area (Å²) in [6.45, 7) is 2.25. The molecule has 0 saturated carbocycles. The molecule has 11 atom stereocenters. The number of ether oxygens (including phenoxy) is 6. The molecule has 0 aliphatic carbocycles. The minimum Gasteiger partial charge on any atom is -0.462 e. The van der Waals surface area contributed by atoms with E-state index in [1.54, 1.807) is 0 Å². The maximum Gasteiger partial charge on any atom is 0.306 e. The first-order valence-corrected chi connectivity index (χ1v) is 24.8. The fourth-order valence-corrected chi connectivity index (χ4v) is 7.03. The van der Waals surface area contributed by atoms with Crippen molar-refractivity contribution < 1.29 is 73.8 Å². The SMILES string of the molecule is CC/C=C/C/C=C/C/C=C/C/C=C/C/C=C/CCCC(=O)OC[C@@H](CO[C@@H]1O[C@H](CO[C@@H]2O[C@H](CO)[C@H](O)C(O)C2O)[C@H](O)C(O)C1O)OC(=O)CCCCCCC/C=C/C/C=C/C/C=C/CC. The molecule has 15 heteroatoms. The van der Waals surface area contributed by atoms with Crippen molar-refractivity contribution in [3.63, 3.8) is 0 Å². The van der Waals surface area contributed by atoms with Crippen LogP contribution in [0.15, 0.2) is 97.2 Å². The van der Waals surface area contributed by atoms with Crippen molar-refractivity contribution in [2.45, 2.75) is 197 Å². The molecule has 2 rings (SSSR count). The third-order valence-electron chi connectivity index (χ3n) is 11.1. The lowest BCUT2D eigenvalue weighted by Crippen LogP contribution is -2.61. The van der Waals surface area contributed by atoms with Crippen LogP contribution in [0.5, 0.6) is 0 Å². The summed E-state index contributed by atoms with van der Waals surface area (Å²) in [5.74, 6) is -1.02. The monoisotopic (exact) mass is 961 g/mol. The van der Waals surface area contributed by atoms with Crippen molar-refractivity contribution in [3.05, 3.63) is 97.2 Å². The second-order valence-corrected chi connectivity index (χ2v) is 16.9.